The van der Waals surface area contributed by atoms with Gasteiger partial charge in [0.2, 0.25) is 0 Å². The van der Waals surface area contributed by atoms with Crippen molar-refractivity contribution in [1.82, 2.24) is 15.0 Å². The van der Waals surface area contributed by atoms with Gasteiger partial charge in [0.25, 0.3) is 0 Å². The van der Waals surface area contributed by atoms with E-state index in [1.165, 1.54) is 6.92 Å². The fraction of sp³-hybridized carbons (Fsp3) is 0.667. The van der Waals surface area contributed by atoms with Crippen LogP contribution in [0.1, 0.15) is 37.0 Å². The quantitative estimate of drug-likeness (QED) is 0.663. The van der Waals surface area contributed by atoms with E-state index in [2.05, 4.69) is 24.2 Å². The highest BCUT2D eigenvalue weighted by molar-refractivity contribution is 5.92. The third-order valence-corrected chi connectivity index (χ3v) is 1.85. The molecule has 0 atom stereocenters. The summed E-state index contributed by atoms with van der Waals surface area (Å²) in [6.07, 6.45) is 0. The maximum Gasteiger partial charge on any atom is 0.181 e. The second-order valence-corrected chi connectivity index (χ2v) is 3.66. The zero-order valence-corrected chi connectivity index (χ0v) is 8.53. The van der Waals surface area contributed by atoms with E-state index in [1.54, 1.807) is 4.68 Å². The van der Waals surface area contributed by atoms with Crippen molar-refractivity contribution in [3.63, 3.8) is 0 Å². The molecule has 0 aliphatic carbocycles. The van der Waals surface area contributed by atoms with E-state index < -0.39 is 0 Å². The minimum Gasteiger partial charge on any atom is -0.293 e. The highest BCUT2D eigenvalue weighted by atomic mass is 16.1. The second-order valence-electron chi connectivity index (χ2n) is 3.66. The fourth-order valence-corrected chi connectivity index (χ4v) is 1.20. The molecule has 0 aromatic carbocycles. The molecule has 1 rings (SSSR count). The van der Waals surface area contributed by atoms with Gasteiger partial charge in [-0.2, -0.15) is 0 Å². The van der Waals surface area contributed by atoms with Crippen LogP contribution in [0, 0.1) is 12.8 Å². The first-order valence-corrected chi connectivity index (χ1v) is 4.43. The lowest BCUT2D eigenvalue weighted by atomic mass is 10.2. The number of Topliss-reactive ketones (excluding diaryl/α,β-unsaturated/α-hetero) is 1. The van der Waals surface area contributed by atoms with E-state index in [-0.39, 0.29) is 5.78 Å². The van der Waals surface area contributed by atoms with Gasteiger partial charge < -0.3 is 0 Å². The van der Waals surface area contributed by atoms with Gasteiger partial charge >= 0.3 is 0 Å². The van der Waals surface area contributed by atoms with Gasteiger partial charge in [0, 0.05) is 13.5 Å². The summed E-state index contributed by atoms with van der Waals surface area (Å²) in [4.78, 5) is 11.0. The molecular weight excluding hydrogens is 166 g/mol. The Labute approximate surface area is 77.9 Å². The molecule has 1 aromatic rings. The fourth-order valence-electron chi connectivity index (χ4n) is 1.20. The average Bonchev–Trinajstić information content (AvgIpc) is 2.32. The van der Waals surface area contributed by atoms with Gasteiger partial charge in [-0.3, -0.25) is 4.79 Å². The zero-order valence-electron chi connectivity index (χ0n) is 8.53. The molecule has 1 aromatic heterocycles. The van der Waals surface area contributed by atoms with Crippen LogP contribution in [-0.4, -0.2) is 20.8 Å². The summed E-state index contributed by atoms with van der Waals surface area (Å²) in [7, 11) is 0. The van der Waals surface area contributed by atoms with Crippen LogP contribution < -0.4 is 0 Å². The first-order chi connectivity index (χ1) is 6.02. The van der Waals surface area contributed by atoms with Crippen LogP contribution in [0.25, 0.3) is 0 Å². The van der Waals surface area contributed by atoms with E-state index in [0.29, 0.717) is 11.6 Å². The number of aromatic nitrogens is 3. The van der Waals surface area contributed by atoms with Crippen LogP contribution in [0.15, 0.2) is 0 Å². The van der Waals surface area contributed by atoms with Crippen molar-refractivity contribution >= 4 is 5.78 Å². The molecule has 4 heteroatoms. The van der Waals surface area contributed by atoms with Gasteiger partial charge in [-0.05, 0) is 12.8 Å². The Morgan fingerprint density at radius 2 is 2.15 bits per heavy atom. The molecule has 0 fully saturated rings. The number of hydrogen-bond acceptors (Lipinski definition) is 3. The number of carbonyl (C=O) groups excluding carboxylic acids is 1. The van der Waals surface area contributed by atoms with Gasteiger partial charge in [0.15, 0.2) is 11.5 Å². The maximum absolute atomic E-state index is 11.0. The van der Waals surface area contributed by atoms with Crippen molar-refractivity contribution in [2.75, 3.05) is 0 Å². The molecule has 0 N–H and O–H groups in total. The minimum atomic E-state index is -0.0208. The molecule has 4 nitrogen and oxygen atoms in total. The van der Waals surface area contributed by atoms with Crippen LogP contribution in [0.2, 0.25) is 0 Å². The number of nitrogens with zero attached hydrogens (tertiary/aromatic N) is 3. The lowest BCUT2D eigenvalue weighted by Gasteiger charge is -2.05. The Bertz CT molecular complexity index is 315. The summed E-state index contributed by atoms with van der Waals surface area (Å²) in [6, 6.07) is 0. The first kappa shape index (κ1) is 9.89. The molecule has 72 valence electrons. The van der Waals surface area contributed by atoms with E-state index >= 15 is 0 Å². The minimum absolute atomic E-state index is 0.0208. The third-order valence-electron chi connectivity index (χ3n) is 1.85. The van der Waals surface area contributed by atoms with Gasteiger partial charge in [-0.1, -0.05) is 19.1 Å². The molecule has 13 heavy (non-hydrogen) atoms. The second kappa shape index (κ2) is 3.68. The molecule has 0 bridgehead atoms. The van der Waals surface area contributed by atoms with E-state index in [9.17, 15) is 4.79 Å². The van der Waals surface area contributed by atoms with E-state index in [4.69, 9.17) is 0 Å². The van der Waals surface area contributed by atoms with Crippen molar-refractivity contribution in [3.8, 4) is 0 Å². The maximum atomic E-state index is 11.0. The molecule has 0 aliphatic heterocycles. The third kappa shape index (κ3) is 2.14. The summed E-state index contributed by atoms with van der Waals surface area (Å²) in [5.41, 5.74) is 1.35. The Morgan fingerprint density at radius 1 is 1.54 bits per heavy atom. The number of rotatable bonds is 3. The topological polar surface area (TPSA) is 47.8 Å². The van der Waals surface area contributed by atoms with Crippen molar-refractivity contribution in [3.05, 3.63) is 11.4 Å². The lowest BCUT2D eigenvalue weighted by molar-refractivity contribution is 0.101. The van der Waals surface area contributed by atoms with E-state index in [1.807, 2.05) is 6.92 Å². The smallest absolute Gasteiger partial charge is 0.181 e. The highest BCUT2D eigenvalue weighted by Gasteiger charge is 2.12. The summed E-state index contributed by atoms with van der Waals surface area (Å²) in [5, 5.41) is 7.75. The van der Waals surface area contributed by atoms with Crippen molar-refractivity contribution in [2.24, 2.45) is 5.92 Å². The van der Waals surface area contributed by atoms with Crippen LogP contribution in [0.3, 0.4) is 0 Å². The van der Waals surface area contributed by atoms with Crippen LogP contribution in [0.4, 0.5) is 0 Å². The zero-order chi connectivity index (χ0) is 10.0. The van der Waals surface area contributed by atoms with Gasteiger partial charge in [-0.25, -0.2) is 4.68 Å². The molecule has 0 saturated carbocycles. The molecule has 0 saturated heterocycles. The standard InChI is InChI=1S/C9H15N3O/c1-6(2)5-12-7(3)9(8(4)13)10-11-12/h6H,5H2,1-4H3. The monoisotopic (exact) mass is 181 g/mol. The predicted molar refractivity (Wildman–Crippen MR) is 49.6 cm³/mol. The van der Waals surface area contributed by atoms with Crippen LogP contribution in [0.5, 0.6) is 0 Å². The molecule has 1 heterocycles. The molecule has 0 aliphatic rings. The van der Waals surface area contributed by atoms with Crippen LogP contribution >= 0.6 is 0 Å². The molecule has 0 amide bonds. The van der Waals surface area contributed by atoms with Crippen molar-refractivity contribution in [1.29, 1.82) is 0 Å². The average molecular weight is 181 g/mol. The number of ketones is 1. The molecule has 0 spiro atoms. The SMILES string of the molecule is CC(=O)c1nnn(CC(C)C)c1C. The summed E-state index contributed by atoms with van der Waals surface area (Å²) >= 11 is 0. The summed E-state index contributed by atoms with van der Waals surface area (Å²) in [5.74, 6) is 0.493. The first-order valence-electron chi connectivity index (χ1n) is 4.43. The van der Waals surface area contributed by atoms with Gasteiger partial charge in [-0.15, -0.1) is 5.10 Å². The molecular formula is C9H15N3O. The number of hydrogen-bond donors (Lipinski definition) is 0. The van der Waals surface area contributed by atoms with Gasteiger partial charge in [0.1, 0.15) is 0 Å². The summed E-state index contributed by atoms with van der Waals surface area (Å²) in [6.45, 7) is 8.41. The summed E-state index contributed by atoms with van der Waals surface area (Å²) < 4.78 is 1.78. The lowest BCUT2D eigenvalue weighted by Crippen LogP contribution is -2.08. The van der Waals surface area contributed by atoms with Gasteiger partial charge in [0.05, 0.1) is 5.69 Å². The van der Waals surface area contributed by atoms with Crippen LogP contribution in [-0.2, 0) is 6.54 Å². The Balaban J connectivity index is 2.93. The van der Waals surface area contributed by atoms with Crippen molar-refractivity contribution in [2.45, 2.75) is 34.2 Å². The molecule has 0 unspecified atom stereocenters. The predicted octanol–water partition coefficient (Wildman–Crippen LogP) is 1.45. The molecule has 0 radical (unpaired) electrons. The number of carbonyl (C=O) groups is 1. The van der Waals surface area contributed by atoms with E-state index in [0.717, 1.165) is 12.2 Å². The Hall–Kier alpha value is -1.19. The Kier molecular flexibility index (Phi) is 2.80. The normalized spacial score (nSPS) is 10.8. The Morgan fingerprint density at radius 3 is 2.54 bits per heavy atom. The largest absolute Gasteiger partial charge is 0.293 e. The van der Waals surface area contributed by atoms with Crippen molar-refractivity contribution < 1.29 is 4.79 Å². The highest BCUT2D eigenvalue weighted by Crippen LogP contribution is 2.06.